The van der Waals surface area contributed by atoms with Crippen molar-refractivity contribution in [2.45, 2.75) is 39.7 Å². The van der Waals surface area contributed by atoms with Crippen molar-refractivity contribution in [1.29, 1.82) is 0 Å². The van der Waals surface area contributed by atoms with Crippen molar-refractivity contribution < 1.29 is 4.42 Å². The Morgan fingerprint density at radius 2 is 1.78 bits per heavy atom. The molecule has 0 bridgehead atoms. The molecule has 18 heavy (non-hydrogen) atoms. The summed E-state index contributed by atoms with van der Waals surface area (Å²) < 4.78 is 5.48. The van der Waals surface area contributed by atoms with Crippen molar-refractivity contribution in [2.75, 3.05) is 0 Å². The minimum Gasteiger partial charge on any atom is -0.444 e. The molecular formula is C15H20N2O. The smallest absolute Gasteiger partial charge is 0.208 e. The molecule has 0 unspecified atom stereocenters. The number of aryl methyl sites for hydroxylation is 1. The molecule has 1 heterocycles. The first-order valence-corrected chi connectivity index (χ1v) is 6.19. The van der Waals surface area contributed by atoms with Crippen LogP contribution in [0.3, 0.4) is 0 Å². The van der Waals surface area contributed by atoms with Crippen molar-refractivity contribution >= 4 is 0 Å². The van der Waals surface area contributed by atoms with Gasteiger partial charge >= 0.3 is 0 Å². The number of oxazole rings is 1. The molecule has 1 aromatic heterocycles. The van der Waals surface area contributed by atoms with Crippen LogP contribution in [0.5, 0.6) is 0 Å². The Morgan fingerprint density at radius 1 is 1.17 bits per heavy atom. The molecule has 0 saturated carbocycles. The third kappa shape index (κ3) is 2.46. The second-order valence-corrected chi connectivity index (χ2v) is 5.54. The Kier molecular flexibility index (Phi) is 3.26. The highest BCUT2D eigenvalue weighted by Gasteiger charge is 2.15. The fraction of sp³-hybridized carbons (Fsp3) is 0.400. The molecule has 3 heteroatoms. The monoisotopic (exact) mass is 244 g/mol. The van der Waals surface area contributed by atoms with Crippen LogP contribution in [-0.2, 0) is 12.0 Å². The molecule has 1 aromatic carbocycles. The van der Waals surface area contributed by atoms with Gasteiger partial charge in [0.25, 0.3) is 0 Å². The molecule has 0 radical (unpaired) electrons. The third-order valence-corrected chi connectivity index (χ3v) is 3.04. The standard InChI is InChI=1S/C15H20N2O/c1-10-14(17-13(9-16)18-10)11-5-7-12(8-6-11)15(2,3)4/h5-8H,9,16H2,1-4H3. The summed E-state index contributed by atoms with van der Waals surface area (Å²) in [6.45, 7) is 8.86. The number of nitrogens with two attached hydrogens (primary N) is 1. The fourth-order valence-electron chi connectivity index (χ4n) is 1.93. The van der Waals surface area contributed by atoms with Crippen LogP contribution in [-0.4, -0.2) is 4.98 Å². The van der Waals surface area contributed by atoms with Crippen LogP contribution >= 0.6 is 0 Å². The molecule has 3 nitrogen and oxygen atoms in total. The summed E-state index contributed by atoms with van der Waals surface area (Å²) in [7, 11) is 0. The fourth-order valence-corrected chi connectivity index (χ4v) is 1.93. The highest BCUT2D eigenvalue weighted by molar-refractivity contribution is 5.61. The SMILES string of the molecule is Cc1oc(CN)nc1-c1ccc(C(C)(C)C)cc1. The number of aromatic nitrogens is 1. The molecule has 96 valence electrons. The molecule has 2 rings (SSSR count). The summed E-state index contributed by atoms with van der Waals surface area (Å²) >= 11 is 0. The Bertz CT molecular complexity index is 533. The maximum atomic E-state index is 5.54. The zero-order valence-corrected chi connectivity index (χ0v) is 11.4. The lowest BCUT2D eigenvalue weighted by Crippen LogP contribution is -2.10. The molecule has 0 aliphatic carbocycles. The summed E-state index contributed by atoms with van der Waals surface area (Å²) in [5, 5.41) is 0. The van der Waals surface area contributed by atoms with Crippen LogP contribution in [0.25, 0.3) is 11.3 Å². The maximum absolute atomic E-state index is 5.54. The summed E-state index contributed by atoms with van der Waals surface area (Å²) in [4.78, 5) is 4.40. The molecule has 0 aliphatic heterocycles. The molecule has 0 fully saturated rings. The van der Waals surface area contributed by atoms with E-state index in [9.17, 15) is 0 Å². The summed E-state index contributed by atoms with van der Waals surface area (Å²) in [5.74, 6) is 1.40. The van der Waals surface area contributed by atoms with E-state index in [0.717, 1.165) is 17.0 Å². The van der Waals surface area contributed by atoms with E-state index in [0.29, 0.717) is 12.4 Å². The lowest BCUT2D eigenvalue weighted by molar-refractivity contribution is 0.474. The van der Waals surface area contributed by atoms with Crippen molar-refractivity contribution in [3.8, 4) is 11.3 Å². The number of hydrogen-bond acceptors (Lipinski definition) is 3. The van der Waals surface area contributed by atoms with E-state index in [1.807, 2.05) is 6.92 Å². The predicted octanol–water partition coefficient (Wildman–Crippen LogP) is 3.41. The number of rotatable bonds is 2. The summed E-state index contributed by atoms with van der Waals surface area (Å²) in [5.41, 5.74) is 8.97. The summed E-state index contributed by atoms with van der Waals surface area (Å²) in [6.07, 6.45) is 0. The quantitative estimate of drug-likeness (QED) is 0.880. The van der Waals surface area contributed by atoms with Gasteiger partial charge in [0, 0.05) is 5.56 Å². The van der Waals surface area contributed by atoms with Gasteiger partial charge < -0.3 is 10.2 Å². The number of benzene rings is 1. The molecule has 2 N–H and O–H groups in total. The highest BCUT2D eigenvalue weighted by Crippen LogP contribution is 2.27. The minimum absolute atomic E-state index is 0.166. The van der Waals surface area contributed by atoms with Gasteiger partial charge in [-0.1, -0.05) is 45.0 Å². The van der Waals surface area contributed by atoms with Crippen LogP contribution in [0.2, 0.25) is 0 Å². The van der Waals surface area contributed by atoms with Crippen molar-refractivity contribution in [2.24, 2.45) is 5.73 Å². The average molecular weight is 244 g/mol. The number of hydrogen-bond donors (Lipinski definition) is 1. The van der Waals surface area contributed by atoms with Gasteiger partial charge in [-0.2, -0.15) is 0 Å². The molecule has 0 amide bonds. The predicted molar refractivity (Wildman–Crippen MR) is 73.3 cm³/mol. The van der Waals surface area contributed by atoms with Gasteiger partial charge in [0.1, 0.15) is 11.5 Å². The van der Waals surface area contributed by atoms with Gasteiger partial charge in [-0.05, 0) is 17.9 Å². The normalized spacial score (nSPS) is 11.8. The molecule has 0 saturated heterocycles. The van der Waals surface area contributed by atoms with Gasteiger partial charge in [-0.15, -0.1) is 0 Å². The van der Waals surface area contributed by atoms with Gasteiger partial charge in [0.2, 0.25) is 5.89 Å². The van der Waals surface area contributed by atoms with Gasteiger partial charge in [0.15, 0.2) is 0 Å². The van der Waals surface area contributed by atoms with Gasteiger partial charge in [-0.25, -0.2) is 4.98 Å². The average Bonchev–Trinajstić information content (AvgIpc) is 2.70. The van der Waals surface area contributed by atoms with Gasteiger partial charge in [-0.3, -0.25) is 0 Å². The highest BCUT2D eigenvalue weighted by atomic mass is 16.4. The second-order valence-electron chi connectivity index (χ2n) is 5.54. The maximum Gasteiger partial charge on any atom is 0.208 e. The zero-order chi connectivity index (χ0) is 13.3. The molecular weight excluding hydrogens is 224 g/mol. The molecule has 0 aliphatic rings. The summed E-state index contributed by atoms with van der Waals surface area (Å²) in [6, 6.07) is 8.47. The Hall–Kier alpha value is -1.61. The Morgan fingerprint density at radius 3 is 2.22 bits per heavy atom. The van der Waals surface area contributed by atoms with E-state index < -0.39 is 0 Å². The van der Waals surface area contributed by atoms with Gasteiger partial charge in [0.05, 0.1) is 6.54 Å². The minimum atomic E-state index is 0.166. The Balaban J connectivity index is 2.37. The van der Waals surface area contributed by atoms with E-state index in [1.165, 1.54) is 5.56 Å². The van der Waals surface area contributed by atoms with Crippen molar-refractivity contribution in [3.05, 3.63) is 41.5 Å². The molecule has 0 spiro atoms. The van der Waals surface area contributed by atoms with E-state index >= 15 is 0 Å². The van der Waals surface area contributed by atoms with E-state index in [-0.39, 0.29) is 5.41 Å². The van der Waals surface area contributed by atoms with Crippen LogP contribution in [0.15, 0.2) is 28.7 Å². The third-order valence-electron chi connectivity index (χ3n) is 3.04. The topological polar surface area (TPSA) is 52.0 Å². The lowest BCUT2D eigenvalue weighted by Gasteiger charge is -2.18. The zero-order valence-electron chi connectivity index (χ0n) is 11.4. The second kappa shape index (κ2) is 4.58. The largest absolute Gasteiger partial charge is 0.444 e. The Labute approximate surface area is 108 Å². The lowest BCUT2D eigenvalue weighted by atomic mass is 9.86. The van der Waals surface area contributed by atoms with E-state index in [4.69, 9.17) is 10.2 Å². The molecule has 2 aromatic rings. The van der Waals surface area contributed by atoms with Crippen LogP contribution in [0.4, 0.5) is 0 Å². The first-order valence-electron chi connectivity index (χ1n) is 6.19. The van der Waals surface area contributed by atoms with Crippen LogP contribution < -0.4 is 5.73 Å². The number of nitrogens with zero attached hydrogens (tertiary/aromatic N) is 1. The van der Waals surface area contributed by atoms with E-state index in [2.05, 4.69) is 50.0 Å². The van der Waals surface area contributed by atoms with Crippen molar-refractivity contribution in [1.82, 2.24) is 4.98 Å². The van der Waals surface area contributed by atoms with Crippen LogP contribution in [0.1, 0.15) is 38.0 Å². The van der Waals surface area contributed by atoms with Crippen molar-refractivity contribution in [3.63, 3.8) is 0 Å². The van der Waals surface area contributed by atoms with Crippen LogP contribution in [0, 0.1) is 6.92 Å². The first kappa shape index (κ1) is 12.8. The van der Waals surface area contributed by atoms with E-state index in [1.54, 1.807) is 0 Å². The molecule has 0 atom stereocenters. The first-order chi connectivity index (χ1) is 8.41.